The van der Waals surface area contributed by atoms with Crippen molar-refractivity contribution >= 4 is 17.5 Å². The highest BCUT2D eigenvalue weighted by Crippen LogP contribution is 2.23. The molecule has 0 atom stereocenters. The Labute approximate surface area is 149 Å². The van der Waals surface area contributed by atoms with Crippen LogP contribution in [-0.2, 0) is 17.6 Å². The maximum Gasteiger partial charge on any atom is 0.412 e. The van der Waals surface area contributed by atoms with Gasteiger partial charge in [-0.15, -0.1) is 0 Å². The molecule has 0 spiro atoms. The van der Waals surface area contributed by atoms with Crippen LogP contribution in [0.2, 0.25) is 0 Å². The highest BCUT2D eigenvalue weighted by Gasteiger charge is 2.16. The fourth-order valence-electron chi connectivity index (χ4n) is 2.50. The SMILES string of the molecule is COc1ccc(N)cc1CCc1cccc(NC(=O)OC(C)(C)C)c1. The first-order valence-electron chi connectivity index (χ1n) is 8.28. The lowest BCUT2D eigenvalue weighted by Crippen LogP contribution is -2.27. The molecular formula is C20H26N2O3. The predicted octanol–water partition coefficient (Wildman–Crippen LogP) is 4.41. The molecule has 5 nitrogen and oxygen atoms in total. The van der Waals surface area contributed by atoms with Crippen molar-refractivity contribution in [1.29, 1.82) is 0 Å². The number of hydrogen-bond acceptors (Lipinski definition) is 4. The normalized spacial score (nSPS) is 11.0. The molecule has 134 valence electrons. The van der Waals surface area contributed by atoms with Crippen molar-refractivity contribution in [3.63, 3.8) is 0 Å². The molecule has 0 aliphatic rings. The van der Waals surface area contributed by atoms with E-state index in [1.807, 2.05) is 63.2 Å². The summed E-state index contributed by atoms with van der Waals surface area (Å²) in [7, 11) is 1.65. The molecule has 0 aliphatic heterocycles. The molecule has 0 aliphatic carbocycles. The average molecular weight is 342 g/mol. The molecule has 0 heterocycles. The Balaban J connectivity index is 2.02. The highest BCUT2D eigenvalue weighted by atomic mass is 16.6. The van der Waals surface area contributed by atoms with Crippen LogP contribution in [0.5, 0.6) is 5.75 Å². The Hall–Kier alpha value is -2.69. The van der Waals surface area contributed by atoms with Crippen LogP contribution >= 0.6 is 0 Å². The van der Waals surface area contributed by atoms with E-state index in [4.69, 9.17) is 15.2 Å². The number of amides is 1. The van der Waals surface area contributed by atoms with E-state index < -0.39 is 11.7 Å². The fraction of sp³-hybridized carbons (Fsp3) is 0.350. The van der Waals surface area contributed by atoms with E-state index in [-0.39, 0.29) is 0 Å². The number of rotatable bonds is 5. The molecule has 1 amide bonds. The van der Waals surface area contributed by atoms with Gasteiger partial charge in [0.2, 0.25) is 0 Å². The number of benzene rings is 2. The van der Waals surface area contributed by atoms with Crippen LogP contribution in [0.25, 0.3) is 0 Å². The first-order valence-corrected chi connectivity index (χ1v) is 8.28. The zero-order valence-electron chi connectivity index (χ0n) is 15.3. The maximum absolute atomic E-state index is 11.9. The zero-order chi connectivity index (χ0) is 18.4. The maximum atomic E-state index is 11.9. The van der Waals surface area contributed by atoms with Crippen LogP contribution in [-0.4, -0.2) is 18.8 Å². The highest BCUT2D eigenvalue weighted by molar-refractivity contribution is 5.84. The molecule has 3 N–H and O–H groups in total. The first kappa shape index (κ1) is 18.6. The summed E-state index contributed by atoms with van der Waals surface area (Å²) in [4.78, 5) is 11.9. The Morgan fingerprint density at radius 3 is 2.56 bits per heavy atom. The minimum Gasteiger partial charge on any atom is -0.496 e. The Bertz CT molecular complexity index is 736. The first-order chi connectivity index (χ1) is 11.8. The minimum absolute atomic E-state index is 0.456. The van der Waals surface area contributed by atoms with Crippen molar-refractivity contribution in [2.45, 2.75) is 39.2 Å². The molecule has 2 rings (SSSR count). The Morgan fingerprint density at radius 2 is 1.88 bits per heavy atom. The molecular weight excluding hydrogens is 316 g/mol. The fourth-order valence-corrected chi connectivity index (χ4v) is 2.50. The number of carbonyl (C=O) groups is 1. The molecule has 0 saturated heterocycles. The number of nitrogens with two attached hydrogens (primary N) is 1. The number of anilines is 2. The van der Waals surface area contributed by atoms with Gasteiger partial charge in [0.05, 0.1) is 7.11 Å². The van der Waals surface area contributed by atoms with Gasteiger partial charge < -0.3 is 15.2 Å². The zero-order valence-corrected chi connectivity index (χ0v) is 15.3. The van der Waals surface area contributed by atoms with Gasteiger partial charge in [-0.25, -0.2) is 4.79 Å². The summed E-state index contributed by atoms with van der Waals surface area (Å²) in [5.41, 5.74) is 8.95. The number of methoxy groups -OCH3 is 1. The van der Waals surface area contributed by atoms with Gasteiger partial charge >= 0.3 is 6.09 Å². The molecule has 0 fully saturated rings. The van der Waals surface area contributed by atoms with Crippen LogP contribution < -0.4 is 15.8 Å². The average Bonchev–Trinajstić information content (AvgIpc) is 2.51. The molecule has 2 aromatic carbocycles. The molecule has 25 heavy (non-hydrogen) atoms. The van der Waals surface area contributed by atoms with E-state index in [2.05, 4.69) is 5.32 Å². The van der Waals surface area contributed by atoms with E-state index in [1.165, 1.54) is 0 Å². The molecule has 0 bridgehead atoms. The van der Waals surface area contributed by atoms with Crippen LogP contribution in [0.1, 0.15) is 31.9 Å². The summed E-state index contributed by atoms with van der Waals surface area (Å²) < 4.78 is 10.7. The van der Waals surface area contributed by atoms with E-state index in [0.29, 0.717) is 5.69 Å². The minimum atomic E-state index is -0.522. The molecule has 5 heteroatoms. The van der Waals surface area contributed by atoms with Gasteiger partial charge in [-0.3, -0.25) is 5.32 Å². The second kappa shape index (κ2) is 7.92. The summed E-state index contributed by atoms with van der Waals surface area (Å²) in [6.45, 7) is 5.51. The van der Waals surface area contributed by atoms with Crippen LogP contribution in [0.4, 0.5) is 16.2 Å². The number of nitrogens with one attached hydrogen (secondary N) is 1. The van der Waals surface area contributed by atoms with E-state index >= 15 is 0 Å². The van der Waals surface area contributed by atoms with Crippen molar-refractivity contribution in [1.82, 2.24) is 0 Å². The quantitative estimate of drug-likeness (QED) is 0.789. The van der Waals surface area contributed by atoms with Crippen molar-refractivity contribution in [2.24, 2.45) is 0 Å². The smallest absolute Gasteiger partial charge is 0.412 e. The number of nitrogen functional groups attached to an aromatic ring is 1. The third kappa shape index (κ3) is 6.03. The lowest BCUT2D eigenvalue weighted by molar-refractivity contribution is 0.0636. The standard InChI is InChI=1S/C20H26N2O3/c1-20(2,3)25-19(23)22-17-7-5-6-14(12-17)8-9-15-13-16(21)10-11-18(15)24-4/h5-7,10-13H,8-9,21H2,1-4H3,(H,22,23). The summed E-state index contributed by atoms with van der Waals surface area (Å²) in [5, 5.41) is 2.76. The second-order valence-corrected chi connectivity index (χ2v) is 6.90. The van der Waals surface area contributed by atoms with Crippen LogP contribution in [0.3, 0.4) is 0 Å². The van der Waals surface area contributed by atoms with Gasteiger partial charge in [0.25, 0.3) is 0 Å². The lowest BCUT2D eigenvalue weighted by Gasteiger charge is -2.19. The van der Waals surface area contributed by atoms with E-state index in [1.54, 1.807) is 7.11 Å². The number of ether oxygens (including phenoxy) is 2. The topological polar surface area (TPSA) is 73.6 Å². The Morgan fingerprint density at radius 1 is 1.12 bits per heavy atom. The van der Waals surface area contributed by atoms with Gasteiger partial charge in [0.1, 0.15) is 11.4 Å². The molecule has 0 saturated carbocycles. The van der Waals surface area contributed by atoms with Crippen molar-refractivity contribution < 1.29 is 14.3 Å². The Kier molecular flexibility index (Phi) is 5.91. The second-order valence-electron chi connectivity index (χ2n) is 6.90. The van der Waals surface area contributed by atoms with Crippen LogP contribution in [0, 0.1) is 0 Å². The van der Waals surface area contributed by atoms with Gasteiger partial charge in [-0.2, -0.15) is 0 Å². The summed E-state index contributed by atoms with van der Waals surface area (Å²) in [6, 6.07) is 13.4. The van der Waals surface area contributed by atoms with E-state index in [9.17, 15) is 4.79 Å². The van der Waals surface area contributed by atoms with Gasteiger partial charge in [0, 0.05) is 11.4 Å². The molecule has 0 unspecified atom stereocenters. The van der Waals surface area contributed by atoms with Gasteiger partial charge in [0.15, 0.2) is 0 Å². The van der Waals surface area contributed by atoms with Crippen molar-refractivity contribution in [2.75, 3.05) is 18.2 Å². The van der Waals surface area contributed by atoms with E-state index in [0.717, 1.165) is 35.4 Å². The van der Waals surface area contributed by atoms with Crippen LogP contribution in [0.15, 0.2) is 42.5 Å². The summed E-state index contributed by atoms with van der Waals surface area (Å²) >= 11 is 0. The summed E-state index contributed by atoms with van der Waals surface area (Å²) in [5.74, 6) is 0.831. The monoisotopic (exact) mass is 342 g/mol. The van der Waals surface area contributed by atoms with Gasteiger partial charge in [-0.05, 0) is 75.1 Å². The molecule has 2 aromatic rings. The summed E-state index contributed by atoms with van der Waals surface area (Å²) in [6.07, 6.45) is 1.15. The number of hydrogen-bond donors (Lipinski definition) is 2. The van der Waals surface area contributed by atoms with Gasteiger partial charge in [-0.1, -0.05) is 12.1 Å². The largest absolute Gasteiger partial charge is 0.496 e. The molecule has 0 aromatic heterocycles. The lowest BCUT2D eigenvalue weighted by atomic mass is 10.0. The number of carbonyl (C=O) groups excluding carboxylic acids is 1. The molecule has 0 radical (unpaired) electrons. The van der Waals surface area contributed by atoms with Crippen molar-refractivity contribution in [3.05, 3.63) is 53.6 Å². The third-order valence-corrected chi connectivity index (χ3v) is 3.56. The van der Waals surface area contributed by atoms with Crippen molar-refractivity contribution in [3.8, 4) is 5.75 Å². The third-order valence-electron chi connectivity index (χ3n) is 3.56. The predicted molar refractivity (Wildman–Crippen MR) is 101 cm³/mol. The number of aryl methyl sites for hydroxylation is 2.